The molecule has 29 heavy (non-hydrogen) atoms. The molecule has 0 saturated carbocycles. The number of furan rings is 1. The second kappa shape index (κ2) is 6.92. The van der Waals surface area contributed by atoms with Gasteiger partial charge in [-0.05, 0) is 69.2 Å². The van der Waals surface area contributed by atoms with Crippen molar-refractivity contribution in [1.29, 1.82) is 10.5 Å². The van der Waals surface area contributed by atoms with E-state index in [0.717, 1.165) is 33.8 Å². The first-order valence-corrected chi connectivity index (χ1v) is 9.15. The standard InChI is InChI=1S/C23H19N3O3/c1-13-7-18(15(3)26(13)23-20(11-25)14(2)16(4)29-23)8-19(10-24)17-5-6-21-22(9-17)28-12-27-21/h5-9H,12H2,1-4H3/b19-8+. The average Bonchev–Trinajstić information content (AvgIpc) is 3.36. The molecule has 0 N–H and O–H groups in total. The number of hydrogen-bond acceptors (Lipinski definition) is 5. The number of allylic oxidation sites excluding steroid dienone is 1. The predicted octanol–water partition coefficient (Wildman–Crippen LogP) is 4.97. The minimum absolute atomic E-state index is 0.189. The molecule has 0 saturated heterocycles. The average molecular weight is 385 g/mol. The quantitative estimate of drug-likeness (QED) is 0.595. The Labute approximate surface area is 168 Å². The highest BCUT2D eigenvalue weighted by molar-refractivity contribution is 5.90. The molecule has 1 aromatic carbocycles. The largest absolute Gasteiger partial charge is 0.454 e. The number of hydrogen-bond donors (Lipinski definition) is 0. The second-order valence-corrected chi connectivity index (χ2v) is 6.97. The third-order valence-corrected chi connectivity index (χ3v) is 5.26. The lowest BCUT2D eigenvalue weighted by atomic mass is 10.0. The van der Waals surface area contributed by atoms with Crippen molar-refractivity contribution < 1.29 is 13.9 Å². The van der Waals surface area contributed by atoms with Gasteiger partial charge in [-0.3, -0.25) is 4.57 Å². The zero-order valence-electron chi connectivity index (χ0n) is 16.7. The summed E-state index contributed by atoms with van der Waals surface area (Å²) < 4.78 is 18.6. The van der Waals surface area contributed by atoms with Crippen LogP contribution in [0.4, 0.5) is 0 Å². The van der Waals surface area contributed by atoms with E-state index in [9.17, 15) is 10.5 Å². The summed E-state index contributed by atoms with van der Waals surface area (Å²) in [6, 6.07) is 11.9. The van der Waals surface area contributed by atoms with E-state index in [1.165, 1.54) is 0 Å². The van der Waals surface area contributed by atoms with Crippen LogP contribution in [0.15, 0.2) is 28.7 Å². The van der Waals surface area contributed by atoms with Gasteiger partial charge in [0.05, 0.1) is 11.6 Å². The lowest BCUT2D eigenvalue weighted by molar-refractivity contribution is 0.174. The molecule has 1 aliphatic rings. The molecule has 0 fully saturated rings. The molecule has 0 unspecified atom stereocenters. The summed E-state index contributed by atoms with van der Waals surface area (Å²) in [6.45, 7) is 7.81. The first-order chi connectivity index (χ1) is 13.9. The summed E-state index contributed by atoms with van der Waals surface area (Å²) in [5.74, 6) is 2.55. The van der Waals surface area contributed by atoms with E-state index in [1.807, 2.05) is 56.5 Å². The van der Waals surface area contributed by atoms with E-state index < -0.39 is 0 Å². The number of nitrogens with zero attached hydrogens (tertiary/aromatic N) is 3. The van der Waals surface area contributed by atoms with Gasteiger partial charge >= 0.3 is 0 Å². The van der Waals surface area contributed by atoms with Crippen molar-refractivity contribution >= 4 is 11.6 Å². The Morgan fingerprint density at radius 3 is 2.55 bits per heavy atom. The van der Waals surface area contributed by atoms with Crippen LogP contribution >= 0.6 is 0 Å². The lowest BCUT2D eigenvalue weighted by Crippen LogP contribution is -2.00. The van der Waals surface area contributed by atoms with E-state index in [2.05, 4.69) is 12.1 Å². The molecule has 3 aromatic rings. The number of ether oxygens (including phenoxy) is 2. The molecule has 0 radical (unpaired) electrons. The summed E-state index contributed by atoms with van der Waals surface area (Å²) in [7, 11) is 0. The molecule has 0 spiro atoms. The molecule has 0 atom stereocenters. The van der Waals surface area contributed by atoms with Gasteiger partial charge in [-0.1, -0.05) is 0 Å². The highest BCUT2D eigenvalue weighted by Gasteiger charge is 2.21. The normalized spacial score (nSPS) is 12.7. The molecule has 6 heteroatoms. The Kier molecular flexibility index (Phi) is 4.41. The van der Waals surface area contributed by atoms with Gasteiger partial charge in [-0.2, -0.15) is 10.5 Å². The van der Waals surface area contributed by atoms with Gasteiger partial charge in [0.2, 0.25) is 12.7 Å². The van der Waals surface area contributed by atoms with Gasteiger partial charge in [-0.15, -0.1) is 0 Å². The van der Waals surface area contributed by atoms with Crippen molar-refractivity contribution in [2.75, 3.05) is 6.79 Å². The second-order valence-electron chi connectivity index (χ2n) is 6.97. The maximum atomic E-state index is 9.74. The van der Waals surface area contributed by atoms with Crippen LogP contribution in [-0.2, 0) is 0 Å². The minimum atomic E-state index is 0.189. The van der Waals surface area contributed by atoms with E-state index >= 15 is 0 Å². The smallest absolute Gasteiger partial charge is 0.231 e. The van der Waals surface area contributed by atoms with Crippen LogP contribution < -0.4 is 9.47 Å². The van der Waals surface area contributed by atoms with E-state index in [-0.39, 0.29) is 6.79 Å². The summed E-state index contributed by atoms with van der Waals surface area (Å²) >= 11 is 0. The van der Waals surface area contributed by atoms with Crippen molar-refractivity contribution in [1.82, 2.24) is 4.57 Å². The Hall–Kier alpha value is -3.90. The van der Waals surface area contributed by atoms with Crippen LogP contribution in [0.25, 0.3) is 17.5 Å². The molecule has 0 bridgehead atoms. The molecule has 3 heterocycles. The SMILES string of the molecule is Cc1oc(-n2c(C)cc(/C=C(\C#N)c3ccc4c(c3)OCO4)c2C)c(C#N)c1C. The van der Waals surface area contributed by atoms with Crippen LogP contribution in [0.3, 0.4) is 0 Å². The van der Waals surface area contributed by atoms with Crippen molar-refractivity contribution in [2.45, 2.75) is 27.7 Å². The van der Waals surface area contributed by atoms with Crippen LogP contribution in [-0.4, -0.2) is 11.4 Å². The summed E-state index contributed by atoms with van der Waals surface area (Å²) in [4.78, 5) is 0. The van der Waals surface area contributed by atoms with Crippen LogP contribution in [0.2, 0.25) is 0 Å². The Bertz CT molecular complexity index is 1250. The molecule has 2 aromatic heterocycles. The Morgan fingerprint density at radius 1 is 1.07 bits per heavy atom. The monoisotopic (exact) mass is 385 g/mol. The zero-order valence-corrected chi connectivity index (χ0v) is 16.7. The van der Waals surface area contributed by atoms with E-state index in [1.54, 1.807) is 6.07 Å². The van der Waals surface area contributed by atoms with Crippen molar-refractivity contribution in [3.63, 3.8) is 0 Å². The van der Waals surface area contributed by atoms with E-state index in [0.29, 0.717) is 28.5 Å². The van der Waals surface area contributed by atoms with Crippen molar-refractivity contribution in [2.24, 2.45) is 0 Å². The molecule has 6 nitrogen and oxygen atoms in total. The first-order valence-electron chi connectivity index (χ1n) is 9.15. The highest BCUT2D eigenvalue weighted by atomic mass is 16.7. The molecule has 0 aliphatic carbocycles. The lowest BCUT2D eigenvalue weighted by Gasteiger charge is -2.07. The predicted molar refractivity (Wildman–Crippen MR) is 108 cm³/mol. The number of rotatable bonds is 3. The fourth-order valence-corrected chi connectivity index (χ4v) is 3.54. The number of aromatic nitrogens is 1. The number of aryl methyl sites for hydroxylation is 2. The van der Waals surface area contributed by atoms with Gasteiger partial charge in [0, 0.05) is 17.0 Å². The van der Waals surface area contributed by atoms with Crippen LogP contribution in [0.5, 0.6) is 11.5 Å². The topological polar surface area (TPSA) is 84.1 Å². The minimum Gasteiger partial charge on any atom is -0.454 e. The highest BCUT2D eigenvalue weighted by Crippen LogP contribution is 2.35. The Morgan fingerprint density at radius 2 is 1.83 bits per heavy atom. The summed E-state index contributed by atoms with van der Waals surface area (Å²) in [5, 5.41) is 19.3. The molecule has 4 rings (SSSR count). The Balaban J connectivity index is 1.81. The van der Waals surface area contributed by atoms with Gasteiger partial charge in [-0.25, -0.2) is 0 Å². The fraction of sp³-hybridized carbons (Fsp3) is 0.217. The van der Waals surface area contributed by atoms with Gasteiger partial charge < -0.3 is 13.9 Å². The zero-order chi connectivity index (χ0) is 20.7. The number of nitriles is 2. The first kappa shape index (κ1) is 18.5. The summed E-state index contributed by atoms with van der Waals surface area (Å²) in [6.07, 6.45) is 1.84. The maximum Gasteiger partial charge on any atom is 0.231 e. The number of benzene rings is 1. The molecule has 0 amide bonds. The van der Waals surface area contributed by atoms with Gasteiger partial charge in [0.25, 0.3) is 0 Å². The van der Waals surface area contributed by atoms with Crippen molar-refractivity contribution in [3.05, 3.63) is 63.7 Å². The fourth-order valence-electron chi connectivity index (χ4n) is 3.54. The molecular weight excluding hydrogens is 366 g/mol. The number of fused-ring (bicyclic) bond motifs is 1. The van der Waals surface area contributed by atoms with Crippen molar-refractivity contribution in [3.8, 4) is 29.5 Å². The van der Waals surface area contributed by atoms with Crippen LogP contribution in [0, 0.1) is 50.4 Å². The molecule has 1 aliphatic heterocycles. The van der Waals surface area contributed by atoms with Gasteiger partial charge in [0.1, 0.15) is 17.4 Å². The third-order valence-electron chi connectivity index (χ3n) is 5.26. The third kappa shape index (κ3) is 2.96. The summed E-state index contributed by atoms with van der Waals surface area (Å²) in [5.41, 5.74) is 5.32. The van der Waals surface area contributed by atoms with E-state index in [4.69, 9.17) is 13.9 Å². The molecule has 144 valence electrons. The maximum absolute atomic E-state index is 9.74. The van der Waals surface area contributed by atoms with Crippen LogP contribution in [0.1, 0.15) is 39.4 Å². The molecular formula is C23H19N3O3. The van der Waals surface area contributed by atoms with Gasteiger partial charge in [0.15, 0.2) is 11.5 Å².